The Morgan fingerprint density at radius 1 is 0.697 bits per heavy atom. The summed E-state index contributed by atoms with van der Waals surface area (Å²) in [4.78, 5) is 27.6. The Hall–Kier alpha value is -2.82. The van der Waals surface area contributed by atoms with Crippen LogP contribution in [0.4, 0.5) is 15.3 Å². The molecule has 0 aromatic heterocycles. The van der Waals surface area contributed by atoms with E-state index in [1.807, 2.05) is 30.3 Å². The number of hydrogen-bond donors (Lipinski definition) is 0. The first-order chi connectivity index (χ1) is 15.1. The maximum absolute atomic E-state index is 13.3. The van der Waals surface area contributed by atoms with Gasteiger partial charge in [-0.1, -0.05) is 64.1 Å². The molecule has 0 unspecified atom stereocenters. The number of nitrogens with zero attached hydrogens (tertiary/aromatic N) is 1. The predicted octanol–water partition coefficient (Wildman–Crippen LogP) is 8.28. The van der Waals surface area contributed by atoms with E-state index in [0.717, 1.165) is 21.6 Å². The van der Waals surface area contributed by atoms with Crippen LogP contribution in [0.2, 0.25) is 0 Å². The van der Waals surface area contributed by atoms with Crippen molar-refractivity contribution >= 4 is 17.9 Å². The number of ether oxygens (including phenoxy) is 2. The molecule has 0 spiro atoms. The molecule has 2 rings (SSSR count). The first-order valence-electron chi connectivity index (χ1n) is 11.6. The van der Waals surface area contributed by atoms with Crippen LogP contribution in [0.5, 0.6) is 0 Å². The lowest BCUT2D eigenvalue weighted by atomic mass is 9.94. The zero-order valence-electron chi connectivity index (χ0n) is 21.8. The molecule has 0 saturated heterocycles. The van der Waals surface area contributed by atoms with Crippen LogP contribution in [0.25, 0.3) is 11.1 Å². The topological polar surface area (TPSA) is 55.8 Å². The van der Waals surface area contributed by atoms with E-state index in [-0.39, 0.29) is 5.92 Å². The van der Waals surface area contributed by atoms with Crippen LogP contribution in [-0.2, 0) is 9.47 Å². The van der Waals surface area contributed by atoms with E-state index >= 15 is 0 Å². The van der Waals surface area contributed by atoms with E-state index in [1.165, 1.54) is 5.56 Å². The molecule has 0 atom stereocenters. The van der Waals surface area contributed by atoms with E-state index in [1.54, 1.807) is 41.5 Å². The van der Waals surface area contributed by atoms with Crippen molar-refractivity contribution in [1.29, 1.82) is 0 Å². The maximum Gasteiger partial charge on any atom is 0.424 e. The van der Waals surface area contributed by atoms with Gasteiger partial charge in [-0.25, -0.2) is 9.59 Å². The number of carbonyl (C=O) groups is 2. The van der Waals surface area contributed by atoms with Crippen molar-refractivity contribution < 1.29 is 19.1 Å². The number of hydrogen-bond acceptors (Lipinski definition) is 4. The molecule has 2 amide bonds. The Labute approximate surface area is 199 Å². The molecule has 0 aliphatic heterocycles. The Balaban J connectivity index is 2.71. The third kappa shape index (κ3) is 7.34. The molecule has 2 aromatic carbocycles. The highest BCUT2D eigenvalue weighted by molar-refractivity contribution is 6.12. The van der Waals surface area contributed by atoms with Crippen LogP contribution in [0, 0.1) is 0 Å². The summed E-state index contributed by atoms with van der Waals surface area (Å²) in [6.07, 6.45) is -1.53. The summed E-state index contributed by atoms with van der Waals surface area (Å²) in [6, 6.07) is 14.1. The first kappa shape index (κ1) is 26.4. The third-order valence-corrected chi connectivity index (χ3v) is 4.97. The number of rotatable bonds is 4. The second-order valence-electron chi connectivity index (χ2n) is 11.0. The van der Waals surface area contributed by atoms with Crippen LogP contribution >= 0.6 is 0 Å². The Bertz CT molecular complexity index is 948. The van der Waals surface area contributed by atoms with Crippen molar-refractivity contribution in [1.82, 2.24) is 0 Å². The molecular weight excluding hydrogens is 414 g/mol. The Morgan fingerprint density at radius 3 is 1.52 bits per heavy atom. The molecule has 0 fully saturated rings. The minimum atomic E-state index is -0.772. The van der Waals surface area contributed by atoms with Crippen molar-refractivity contribution in [3.05, 3.63) is 53.6 Å². The van der Waals surface area contributed by atoms with E-state index in [9.17, 15) is 9.59 Å². The summed E-state index contributed by atoms with van der Waals surface area (Å²) >= 11 is 0. The van der Waals surface area contributed by atoms with Gasteiger partial charge in [-0.3, -0.25) is 0 Å². The molecule has 0 bridgehead atoms. The number of anilines is 1. The van der Waals surface area contributed by atoms with Gasteiger partial charge in [-0.05, 0) is 76.1 Å². The normalized spacial score (nSPS) is 12.1. The van der Waals surface area contributed by atoms with Crippen molar-refractivity contribution in [2.45, 2.75) is 92.3 Å². The van der Waals surface area contributed by atoms with Gasteiger partial charge >= 0.3 is 12.2 Å². The fraction of sp³-hybridized carbons (Fsp3) is 0.500. The van der Waals surface area contributed by atoms with Gasteiger partial charge in [0.25, 0.3) is 0 Å². The highest BCUT2D eigenvalue weighted by atomic mass is 16.6. The molecule has 0 N–H and O–H groups in total. The van der Waals surface area contributed by atoms with Gasteiger partial charge in [0.15, 0.2) is 0 Å². The van der Waals surface area contributed by atoms with Crippen LogP contribution < -0.4 is 4.90 Å². The highest BCUT2D eigenvalue weighted by Crippen LogP contribution is 2.36. The fourth-order valence-electron chi connectivity index (χ4n) is 3.27. The smallest absolute Gasteiger partial charge is 0.424 e. The fourth-order valence-corrected chi connectivity index (χ4v) is 3.27. The third-order valence-electron chi connectivity index (χ3n) is 4.97. The van der Waals surface area contributed by atoms with Crippen LogP contribution in [0.3, 0.4) is 0 Å². The van der Waals surface area contributed by atoms with Gasteiger partial charge in [0.2, 0.25) is 0 Å². The lowest BCUT2D eigenvalue weighted by molar-refractivity contribution is 0.0431. The van der Waals surface area contributed by atoms with Crippen molar-refractivity contribution in [2.75, 3.05) is 4.90 Å². The minimum absolute atomic E-state index is 0.209. The van der Waals surface area contributed by atoms with Crippen molar-refractivity contribution in [2.24, 2.45) is 0 Å². The molecule has 0 saturated carbocycles. The lowest BCUT2D eigenvalue weighted by Gasteiger charge is -2.30. The lowest BCUT2D eigenvalue weighted by Crippen LogP contribution is -2.44. The molecule has 5 nitrogen and oxygen atoms in total. The first-order valence-corrected chi connectivity index (χ1v) is 11.6. The average molecular weight is 454 g/mol. The summed E-state index contributed by atoms with van der Waals surface area (Å²) in [6.45, 7) is 19.1. The summed E-state index contributed by atoms with van der Waals surface area (Å²) in [7, 11) is 0. The molecule has 0 heterocycles. The predicted molar refractivity (Wildman–Crippen MR) is 135 cm³/mol. The van der Waals surface area contributed by atoms with Gasteiger partial charge in [0, 0.05) is 5.56 Å². The summed E-state index contributed by atoms with van der Waals surface area (Å²) in [5.74, 6) is 0.613. The van der Waals surface area contributed by atoms with Gasteiger partial charge < -0.3 is 9.47 Å². The number of carbonyl (C=O) groups excluding carboxylic acids is 2. The summed E-state index contributed by atoms with van der Waals surface area (Å²) < 4.78 is 11.2. The number of benzene rings is 2. The largest absolute Gasteiger partial charge is 0.443 e. The molecule has 33 heavy (non-hydrogen) atoms. The zero-order chi connectivity index (χ0) is 25.1. The van der Waals surface area contributed by atoms with E-state index in [4.69, 9.17) is 9.47 Å². The number of imide groups is 1. The second kappa shape index (κ2) is 9.98. The highest BCUT2D eigenvalue weighted by Gasteiger charge is 2.34. The Morgan fingerprint density at radius 2 is 1.12 bits per heavy atom. The van der Waals surface area contributed by atoms with Gasteiger partial charge in [-0.2, -0.15) is 4.90 Å². The number of amides is 2. The van der Waals surface area contributed by atoms with E-state index in [2.05, 4.69) is 39.8 Å². The quantitative estimate of drug-likeness (QED) is 0.467. The molecule has 180 valence electrons. The van der Waals surface area contributed by atoms with Crippen LogP contribution in [0.1, 0.15) is 92.2 Å². The van der Waals surface area contributed by atoms with Crippen molar-refractivity contribution in [3.63, 3.8) is 0 Å². The molecular formula is C28H39NO4. The molecule has 0 radical (unpaired) electrons. The van der Waals surface area contributed by atoms with Crippen molar-refractivity contribution in [3.8, 4) is 11.1 Å². The second-order valence-corrected chi connectivity index (χ2v) is 11.0. The molecule has 2 aromatic rings. The molecule has 0 aliphatic carbocycles. The van der Waals surface area contributed by atoms with Gasteiger partial charge in [-0.15, -0.1) is 0 Å². The average Bonchev–Trinajstić information content (AvgIpc) is 2.65. The van der Waals surface area contributed by atoms with Gasteiger partial charge in [0.1, 0.15) is 11.2 Å². The SMILES string of the molecule is CC(C)c1ccc(-c2ccc(C(C)C)cc2N(C(=O)OC(C)(C)C)C(=O)OC(C)(C)C)cc1. The monoisotopic (exact) mass is 453 g/mol. The standard InChI is InChI=1S/C28H39NO4/c1-18(2)20-11-13-21(14-12-20)23-16-15-22(19(3)4)17-24(23)29(25(30)32-27(5,6)7)26(31)33-28(8,9)10/h11-19H,1-10H3. The summed E-state index contributed by atoms with van der Waals surface area (Å²) in [5, 5.41) is 0. The molecule has 5 heteroatoms. The van der Waals surface area contributed by atoms with Crippen LogP contribution in [0.15, 0.2) is 42.5 Å². The zero-order valence-corrected chi connectivity index (χ0v) is 21.8. The van der Waals surface area contributed by atoms with Gasteiger partial charge in [0.05, 0.1) is 5.69 Å². The van der Waals surface area contributed by atoms with Crippen LogP contribution in [-0.4, -0.2) is 23.4 Å². The summed E-state index contributed by atoms with van der Waals surface area (Å²) in [5.41, 5.74) is 2.79. The van der Waals surface area contributed by atoms with E-state index in [0.29, 0.717) is 11.6 Å². The Kier molecular flexibility index (Phi) is 8.00. The minimum Gasteiger partial charge on any atom is -0.443 e. The molecule has 0 aliphatic rings. The maximum atomic E-state index is 13.3. The van der Waals surface area contributed by atoms with E-state index < -0.39 is 23.4 Å².